The molecule has 0 bridgehead atoms. The van der Waals surface area contributed by atoms with Crippen LogP contribution in [0.4, 0.5) is 0 Å². The second kappa shape index (κ2) is 5.69. The minimum Gasteiger partial charge on any atom is -0.468 e. The van der Waals surface area contributed by atoms with Crippen LogP contribution in [0.2, 0.25) is 0 Å². The molecule has 0 aliphatic carbocycles. The maximum absolute atomic E-state index is 11.8. The fraction of sp³-hybridized carbons (Fsp3) is 0.105. The molecule has 3 nitrogen and oxygen atoms in total. The second-order valence-electron chi connectivity index (χ2n) is 5.51. The first-order chi connectivity index (χ1) is 10.7. The molecule has 23 heavy (non-hydrogen) atoms. The van der Waals surface area contributed by atoms with Gasteiger partial charge in [-0.3, -0.25) is 4.79 Å². The van der Waals surface area contributed by atoms with Crippen molar-refractivity contribution in [3.05, 3.63) is 60.2 Å². The summed E-state index contributed by atoms with van der Waals surface area (Å²) in [5.41, 5.74) is 6.88. The summed E-state index contributed by atoms with van der Waals surface area (Å²) < 4.78 is 4.79. The number of nitrogens with two attached hydrogens (primary N) is 1. The van der Waals surface area contributed by atoms with Gasteiger partial charge >= 0.3 is 5.97 Å². The first-order valence-corrected chi connectivity index (χ1v) is 7.20. The minimum atomic E-state index is -0.769. The van der Waals surface area contributed by atoms with Crippen LogP contribution in [-0.4, -0.2) is 13.1 Å². The largest absolute Gasteiger partial charge is 0.468 e. The molecule has 1 atom stereocenters. The lowest BCUT2D eigenvalue weighted by Crippen LogP contribution is -2.22. The summed E-state index contributed by atoms with van der Waals surface area (Å²) in [6, 6.07) is 17.8. The van der Waals surface area contributed by atoms with Crippen LogP contribution in [-0.2, 0) is 9.53 Å². The van der Waals surface area contributed by atoms with E-state index in [1.165, 1.54) is 23.3 Å². The maximum Gasteiger partial charge on any atom is 0.327 e. The predicted molar refractivity (Wildman–Crippen MR) is 96.3 cm³/mol. The molecule has 4 aromatic carbocycles. The number of carbonyl (C=O) groups is 1. The average Bonchev–Trinajstić information content (AvgIpc) is 2.58. The van der Waals surface area contributed by atoms with Gasteiger partial charge in [0.1, 0.15) is 6.04 Å². The summed E-state index contributed by atoms with van der Waals surface area (Å²) in [5, 5.41) is 6.93. The summed E-state index contributed by atoms with van der Waals surface area (Å²) in [7, 11) is 1.36. The topological polar surface area (TPSA) is 52.3 Å². The van der Waals surface area contributed by atoms with Gasteiger partial charge in [-0.2, -0.15) is 0 Å². The van der Waals surface area contributed by atoms with E-state index in [1.54, 1.807) is 0 Å². The van der Waals surface area contributed by atoms with Gasteiger partial charge in [0.2, 0.25) is 0 Å². The number of hydrogen-bond donors (Lipinski definition) is 1. The highest BCUT2D eigenvalue weighted by Gasteiger charge is 2.20. The fourth-order valence-electron chi connectivity index (χ4n) is 3.28. The van der Waals surface area contributed by atoms with E-state index in [2.05, 4.69) is 36.4 Å². The van der Waals surface area contributed by atoms with E-state index in [1.807, 2.05) is 18.2 Å². The number of rotatable bonds is 2. The Kier molecular flexibility index (Phi) is 3.84. The molecule has 0 unspecified atom stereocenters. The molecule has 0 saturated heterocycles. The van der Waals surface area contributed by atoms with Crippen LogP contribution in [0.1, 0.15) is 11.6 Å². The van der Waals surface area contributed by atoms with E-state index in [0.29, 0.717) is 0 Å². The van der Waals surface area contributed by atoms with Crippen molar-refractivity contribution in [2.45, 2.75) is 6.04 Å². The van der Waals surface area contributed by atoms with Crippen molar-refractivity contribution in [2.24, 2.45) is 5.73 Å². The van der Waals surface area contributed by atoms with E-state index in [9.17, 15) is 4.79 Å². The van der Waals surface area contributed by atoms with Crippen molar-refractivity contribution in [1.29, 1.82) is 0 Å². The molecule has 4 rings (SSSR count). The highest BCUT2D eigenvalue weighted by Crippen LogP contribution is 2.37. The Bertz CT molecular complexity index is 996. The van der Waals surface area contributed by atoms with Crippen molar-refractivity contribution >= 4 is 50.7 Å². The molecule has 0 fully saturated rings. The number of esters is 1. The highest BCUT2D eigenvalue weighted by molar-refractivity contribution is 6.23. The summed E-state index contributed by atoms with van der Waals surface area (Å²) >= 11 is 0. The molecule has 2 N–H and O–H groups in total. The first kappa shape index (κ1) is 15.5. The molecule has 0 aliphatic heterocycles. The fourth-order valence-corrected chi connectivity index (χ4v) is 3.28. The van der Waals surface area contributed by atoms with Crippen molar-refractivity contribution in [2.75, 3.05) is 7.11 Å². The van der Waals surface area contributed by atoms with Crippen LogP contribution < -0.4 is 5.73 Å². The number of carbonyl (C=O) groups excluding carboxylic acids is 1. The molecule has 0 aliphatic rings. The highest BCUT2D eigenvalue weighted by atomic mass is 35.5. The summed E-state index contributed by atoms with van der Waals surface area (Å²) in [6.45, 7) is 0. The van der Waals surface area contributed by atoms with Crippen LogP contribution in [0.25, 0.3) is 32.3 Å². The van der Waals surface area contributed by atoms with E-state index in [-0.39, 0.29) is 12.4 Å². The summed E-state index contributed by atoms with van der Waals surface area (Å²) in [5.74, 6) is -0.421. The van der Waals surface area contributed by atoms with Gasteiger partial charge in [0.05, 0.1) is 7.11 Å². The molecule has 4 aromatic rings. The standard InChI is InChI=1S/C19H15NO2.ClH/c1-22-19(21)18(20)15-10-8-13-6-5-11-3-2-4-12-7-9-14(15)17(13)16(11)12;/h2-10,18H,20H2,1H3;1H/t18-;/m1./s1. The Morgan fingerprint density at radius 2 is 1.48 bits per heavy atom. The van der Waals surface area contributed by atoms with E-state index >= 15 is 0 Å². The third-order valence-electron chi connectivity index (χ3n) is 4.35. The lowest BCUT2D eigenvalue weighted by Gasteiger charge is -2.16. The van der Waals surface area contributed by atoms with Crippen LogP contribution in [0.15, 0.2) is 54.6 Å². The third-order valence-corrected chi connectivity index (χ3v) is 4.35. The lowest BCUT2D eigenvalue weighted by molar-refractivity contribution is -0.142. The van der Waals surface area contributed by atoms with Crippen LogP contribution in [0.3, 0.4) is 0 Å². The smallest absolute Gasteiger partial charge is 0.327 e. The van der Waals surface area contributed by atoms with Gasteiger partial charge in [-0.15, -0.1) is 12.4 Å². The van der Waals surface area contributed by atoms with Gasteiger partial charge in [-0.05, 0) is 37.9 Å². The zero-order valence-electron chi connectivity index (χ0n) is 12.6. The SMILES string of the molecule is COC(=O)[C@H](N)c1ccc2ccc3cccc4ccc1c2c34.Cl. The average molecular weight is 326 g/mol. The Labute approximate surface area is 139 Å². The van der Waals surface area contributed by atoms with Crippen molar-refractivity contribution < 1.29 is 9.53 Å². The normalized spacial score (nSPS) is 12.4. The predicted octanol–water partition coefficient (Wildman–Crippen LogP) is 4.18. The first-order valence-electron chi connectivity index (χ1n) is 7.20. The monoisotopic (exact) mass is 325 g/mol. The summed E-state index contributed by atoms with van der Waals surface area (Å²) in [4.78, 5) is 11.8. The number of ether oxygens (including phenoxy) is 1. The molecule has 0 amide bonds. The Morgan fingerprint density at radius 3 is 2.13 bits per heavy atom. The van der Waals surface area contributed by atoms with Crippen LogP contribution in [0.5, 0.6) is 0 Å². The second-order valence-corrected chi connectivity index (χ2v) is 5.51. The van der Waals surface area contributed by atoms with E-state index in [4.69, 9.17) is 10.5 Å². The zero-order chi connectivity index (χ0) is 15.3. The third kappa shape index (κ3) is 2.21. The Balaban J connectivity index is 0.00000156. The number of methoxy groups -OCH3 is 1. The lowest BCUT2D eigenvalue weighted by atomic mass is 9.90. The Morgan fingerprint density at radius 1 is 0.913 bits per heavy atom. The van der Waals surface area contributed by atoms with Crippen LogP contribution >= 0.6 is 12.4 Å². The minimum absolute atomic E-state index is 0. The molecule has 0 radical (unpaired) electrons. The van der Waals surface area contributed by atoms with Gasteiger partial charge < -0.3 is 10.5 Å². The van der Waals surface area contributed by atoms with Crippen molar-refractivity contribution in [1.82, 2.24) is 0 Å². The molecule has 0 saturated carbocycles. The van der Waals surface area contributed by atoms with Gasteiger partial charge in [-0.25, -0.2) is 0 Å². The zero-order valence-corrected chi connectivity index (χ0v) is 13.4. The quantitative estimate of drug-likeness (QED) is 0.444. The number of benzene rings is 4. The van der Waals surface area contributed by atoms with Crippen LogP contribution in [0, 0.1) is 0 Å². The molecule has 0 heterocycles. The molecular formula is C19H16ClNO2. The number of halogens is 1. The van der Waals surface area contributed by atoms with Gasteiger partial charge in [0, 0.05) is 0 Å². The van der Waals surface area contributed by atoms with Gasteiger partial charge in [0.25, 0.3) is 0 Å². The summed E-state index contributed by atoms with van der Waals surface area (Å²) in [6.07, 6.45) is 0. The van der Waals surface area contributed by atoms with Gasteiger partial charge in [-0.1, -0.05) is 54.6 Å². The molecular weight excluding hydrogens is 310 g/mol. The van der Waals surface area contributed by atoms with E-state index in [0.717, 1.165) is 21.7 Å². The van der Waals surface area contributed by atoms with Crippen molar-refractivity contribution in [3.8, 4) is 0 Å². The maximum atomic E-state index is 11.8. The molecule has 0 aromatic heterocycles. The molecule has 0 spiro atoms. The van der Waals surface area contributed by atoms with Gasteiger partial charge in [0.15, 0.2) is 0 Å². The van der Waals surface area contributed by atoms with E-state index < -0.39 is 12.0 Å². The van der Waals surface area contributed by atoms with Crippen molar-refractivity contribution in [3.63, 3.8) is 0 Å². The molecule has 4 heteroatoms. The molecule has 116 valence electrons. The number of hydrogen-bond acceptors (Lipinski definition) is 3. The Hall–Kier alpha value is -2.36.